The van der Waals surface area contributed by atoms with Crippen LogP contribution in [0.1, 0.15) is 53.0 Å². The maximum Gasteiger partial charge on any atom is 0.407 e. The van der Waals surface area contributed by atoms with Gasteiger partial charge in [-0.25, -0.2) is 4.79 Å². The van der Waals surface area contributed by atoms with E-state index in [9.17, 15) is 9.59 Å². The highest BCUT2D eigenvalue weighted by Gasteiger charge is 2.23. The molecule has 24 heavy (non-hydrogen) atoms. The Morgan fingerprint density at radius 1 is 1.04 bits per heavy atom. The maximum atomic E-state index is 12.0. The highest BCUT2D eigenvalue weighted by Crippen LogP contribution is 2.25. The second-order valence-corrected chi connectivity index (χ2v) is 7.67. The third-order valence-electron chi connectivity index (χ3n) is 3.34. The predicted molar refractivity (Wildman–Crippen MR) is 93.5 cm³/mol. The molecule has 0 fully saturated rings. The Hall–Kier alpha value is -2.04. The minimum absolute atomic E-state index is 0.235. The van der Waals surface area contributed by atoms with Crippen LogP contribution in [0.4, 0.5) is 4.79 Å². The molecule has 0 saturated heterocycles. The molecule has 1 N–H and O–H groups in total. The second-order valence-electron chi connectivity index (χ2n) is 7.67. The number of carbonyl (C=O) groups is 2. The van der Waals surface area contributed by atoms with Gasteiger partial charge in [-0.3, -0.25) is 4.79 Å². The van der Waals surface area contributed by atoms with Crippen LogP contribution in [0, 0.1) is 5.41 Å². The van der Waals surface area contributed by atoms with Gasteiger partial charge in [0.1, 0.15) is 12.2 Å². The first-order chi connectivity index (χ1) is 11.1. The second kappa shape index (κ2) is 8.71. The predicted octanol–water partition coefficient (Wildman–Crippen LogP) is 4.06. The highest BCUT2D eigenvalue weighted by molar-refractivity contribution is 5.70. The summed E-state index contributed by atoms with van der Waals surface area (Å²) in [5.41, 5.74) is 0.194. The Labute approximate surface area is 144 Å². The van der Waals surface area contributed by atoms with Gasteiger partial charge in [0.25, 0.3) is 0 Å². The number of amides is 1. The van der Waals surface area contributed by atoms with Gasteiger partial charge in [0, 0.05) is 6.54 Å². The molecule has 0 aromatic heterocycles. The van der Waals surface area contributed by atoms with Crippen molar-refractivity contribution in [3.8, 4) is 0 Å². The van der Waals surface area contributed by atoms with Gasteiger partial charge in [-0.05, 0) is 38.2 Å². The number of hydrogen-bond donors (Lipinski definition) is 1. The van der Waals surface area contributed by atoms with Crippen LogP contribution in [-0.4, -0.2) is 24.2 Å². The molecule has 0 heterocycles. The van der Waals surface area contributed by atoms with Crippen molar-refractivity contribution in [1.82, 2.24) is 5.32 Å². The maximum absolute atomic E-state index is 12.0. The van der Waals surface area contributed by atoms with Crippen molar-refractivity contribution in [1.29, 1.82) is 0 Å². The van der Waals surface area contributed by atoms with E-state index in [1.165, 1.54) is 0 Å². The first-order valence-electron chi connectivity index (χ1n) is 8.24. The summed E-state index contributed by atoms with van der Waals surface area (Å²) < 4.78 is 10.5. The van der Waals surface area contributed by atoms with Gasteiger partial charge >= 0.3 is 12.1 Å². The summed E-state index contributed by atoms with van der Waals surface area (Å²) in [6.07, 6.45) is 0.521. The molecule has 0 radical (unpaired) electrons. The SMILES string of the molecule is CC(C)(CCNC(=O)OC(C)(C)C)CC(=O)OCc1ccccc1. The van der Waals surface area contributed by atoms with Gasteiger partial charge in [0.15, 0.2) is 0 Å². The van der Waals surface area contributed by atoms with Crippen LogP contribution in [0.5, 0.6) is 0 Å². The van der Waals surface area contributed by atoms with E-state index >= 15 is 0 Å². The Kier molecular flexibility index (Phi) is 7.26. The first kappa shape index (κ1) is 20.0. The highest BCUT2D eigenvalue weighted by atomic mass is 16.6. The van der Waals surface area contributed by atoms with Gasteiger partial charge in [0.2, 0.25) is 0 Å². The molecule has 0 aliphatic rings. The van der Waals surface area contributed by atoms with E-state index in [1.54, 1.807) is 0 Å². The standard InChI is InChI=1S/C19H29NO4/c1-18(2,3)24-17(22)20-12-11-19(4,5)13-16(21)23-14-15-9-7-6-8-10-15/h6-10H,11-14H2,1-5H3,(H,20,22). The zero-order chi connectivity index (χ0) is 18.2. The van der Waals surface area contributed by atoms with Gasteiger partial charge in [-0.2, -0.15) is 0 Å². The topological polar surface area (TPSA) is 64.6 Å². The van der Waals surface area contributed by atoms with E-state index < -0.39 is 11.7 Å². The first-order valence-corrected chi connectivity index (χ1v) is 8.24. The van der Waals surface area contributed by atoms with Crippen molar-refractivity contribution in [2.24, 2.45) is 5.41 Å². The van der Waals surface area contributed by atoms with E-state index in [0.717, 1.165) is 5.56 Å². The van der Waals surface area contributed by atoms with E-state index in [2.05, 4.69) is 5.32 Å². The molecule has 1 aromatic carbocycles. The van der Waals surface area contributed by atoms with Gasteiger partial charge in [-0.1, -0.05) is 44.2 Å². The van der Waals surface area contributed by atoms with E-state index in [0.29, 0.717) is 19.4 Å². The molecule has 134 valence electrons. The zero-order valence-corrected chi connectivity index (χ0v) is 15.3. The van der Waals surface area contributed by atoms with Crippen molar-refractivity contribution in [3.05, 3.63) is 35.9 Å². The van der Waals surface area contributed by atoms with E-state index in [1.807, 2.05) is 65.0 Å². The summed E-state index contributed by atoms with van der Waals surface area (Å²) in [6.45, 7) is 10.2. The molecular formula is C19H29NO4. The molecule has 0 unspecified atom stereocenters. The zero-order valence-electron chi connectivity index (χ0n) is 15.3. The molecule has 0 spiro atoms. The normalized spacial score (nSPS) is 11.7. The van der Waals surface area contributed by atoms with Gasteiger partial charge in [-0.15, -0.1) is 0 Å². The molecule has 5 heteroatoms. The fourth-order valence-electron chi connectivity index (χ4n) is 2.09. The van der Waals surface area contributed by atoms with E-state index in [-0.39, 0.29) is 18.0 Å². The lowest BCUT2D eigenvalue weighted by atomic mass is 9.86. The van der Waals surface area contributed by atoms with Gasteiger partial charge in [0.05, 0.1) is 6.42 Å². The largest absolute Gasteiger partial charge is 0.461 e. The summed E-state index contributed by atoms with van der Waals surface area (Å²) in [4.78, 5) is 23.6. The Balaban J connectivity index is 2.29. The molecule has 1 rings (SSSR count). The van der Waals surface area contributed by atoms with Crippen LogP contribution in [0.3, 0.4) is 0 Å². The smallest absolute Gasteiger partial charge is 0.407 e. The van der Waals surface area contributed by atoms with Crippen molar-refractivity contribution >= 4 is 12.1 Å². The molecule has 1 aromatic rings. The van der Waals surface area contributed by atoms with E-state index in [4.69, 9.17) is 9.47 Å². The van der Waals surface area contributed by atoms with Crippen molar-refractivity contribution in [3.63, 3.8) is 0 Å². The number of carbonyl (C=O) groups excluding carboxylic acids is 2. The molecule has 0 aliphatic heterocycles. The minimum Gasteiger partial charge on any atom is -0.461 e. The molecule has 0 bridgehead atoms. The van der Waals surface area contributed by atoms with Crippen molar-refractivity contribution < 1.29 is 19.1 Å². The summed E-state index contributed by atoms with van der Waals surface area (Å²) >= 11 is 0. The van der Waals surface area contributed by atoms with Crippen LogP contribution in [0.25, 0.3) is 0 Å². The molecule has 1 amide bonds. The third-order valence-corrected chi connectivity index (χ3v) is 3.34. The Morgan fingerprint density at radius 2 is 1.67 bits per heavy atom. The number of nitrogens with one attached hydrogen (secondary N) is 1. The van der Waals surface area contributed by atoms with Gasteiger partial charge < -0.3 is 14.8 Å². The fraction of sp³-hybridized carbons (Fsp3) is 0.579. The van der Waals surface area contributed by atoms with Crippen LogP contribution in [0.15, 0.2) is 30.3 Å². The molecule has 0 saturated carbocycles. The lowest BCUT2D eigenvalue weighted by molar-refractivity contribution is -0.147. The number of benzene rings is 1. The lowest BCUT2D eigenvalue weighted by Crippen LogP contribution is -2.34. The van der Waals surface area contributed by atoms with Crippen LogP contribution in [0.2, 0.25) is 0 Å². The van der Waals surface area contributed by atoms with Crippen molar-refractivity contribution in [2.45, 2.75) is 59.7 Å². The van der Waals surface area contributed by atoms with Crippen molar-refractivity contribution in [2.75, 3.05) is 6.54 Å². The Morgan fingerprint density at radius 3 is 2.25 bits per heavy atom. The average molecular weight is 335 g/mol. The number of esters is 1. The minimum atomic E-state index is -0.513. The molecule has 5 nitrogen and oxygen atoms in total. The number of hydrogen-bond acceptors (Lipinski definition) is 4. The lowest BCUT2D eigenvalue weighted by Gasteiger charge is -2.24. The summed E-state index contributed by atoms with van der Waals surface area (Å²) in [5.74, 6) is -0.235. The van der Waals surface area contributed by atoms with Crippen LogP contribution >= 0.6 is 0 Å². The quantitative estimate of drug-likeness (QED) is 0.763. The monoisotopic (exact) mass is 335 g/mol. The average Bonchev–Trinajstić information content (AvgIpc) is 2.43. The van der Waals surface area contributed by atoms with Crippen LogP contribution in [-0.2, 0) is 20.9 Å². The Bertz CT molecular complexity index is 532. The summed E-state index contributed by atoms with van der Waals surface area (Å²) in [7, 11) is 0. The van der Waals surface area contributed by atoms with Crippen LogP contribution < -0.4 is 5.32 Å². The summed E-state index contributed by atoms with van der Waals surface area (Å²) in [6, 6.07) is 9.59. The molecule has 0 aliphatic carbocycles. The molecule has 0 atom stereocenters. The number of ether oxygens (including phenoxy) is 2. The fourth-order valence-corrected chi connectivity index (χ4v) is 2.09. The molecular weight excluding hydrogens is 306 g/mol. The number of rotatable bonds is 7. The number of alkyl carbamates (subject to hydrolysis) is 1. The summed E-state index contributed by atoms with van der Waals surface area (Å²) in [5, 5.41) is 2.71. The third kappa shape index (κ3) is 9.18.